The Balaban J connectivity index is 2.64. The molecule has 0 aromatic heterocycles. The smallest absolute Gasteiger partial charge is 0.310 e. The van der Waals surface area contributed by atoms with E-state index in [0.29, 0.717) is 0 Å². The average molecular weight is 220 g/mol. The van der Waals surface area contributed by atoms with Crippen LogP contribution < -0.4 is 0 Å². The van der Waals surface area contributed by atoms with Crippen LogP contribution in [0.2, 0.25) is 0 Å². The summed E-state index contributed by atoms with van der Waals surface area (Å²) in [6.45, 7) is 0. The lowest BCUT2D eigenvalue weighted by Gasteiger charge is -2.35. The zero-order chi connectivity index (χ0) is 11.0. The molecular formula is C8H12O5S. The van der Waals surface area contributed by atoms with Gasteiger partial charge in [0.2, 0.25) is 0 Å². The van der Waals surface area contributed by atoms with E-state index in [2.05, 4.69) is 0 Å². The normalized spacial score (nSPS) is 20.2. The molecule has 5 nitrogen and oxygen atoms in total. The molecule has 1 saturated carbocycles. The van der Waals surface area contributed by atoms with Gasteiger partial charge in [-0.25, -0.2) is 8.42 Å². The molecule has 0 aliphatic heterocycles. The Kier molecular flexibility index (Phi) is 2.67. The maximum absolute atomic E-state index is 10.8. The molecule has 0 aromatic rings. The number of carboxylic acids is 1. The van der Waals surface area contributed by atoms with Gasteiger partial charge < -0.3 is 5.11 Å². The fourth-order valence-electron chi connectivity index (χ4n) is 1.52. The van der Waals surface area contributed by atoms with Crippen molar-refractivity contribution in [3.8, 4) is 0 Å². The van der Waals surface area contributed by atoms with Crippen molar-refractivity contribution in [3.05, 3.63) is 0 Å². The first kappa shape index (κ1) is 11.2. The molecule has 1 aliphatic carbocycles. The topological polar surface area (TPSA) is 88.5 Å². The summed E-state index contributed by atoms with van der Waals surface area (Å²) in [7, 11) is -3.16. The number of aliphatic carboxylic acids is 1. The van der Waals surface area contributed by atoms with E-state index in [1.54, 1.807) is 0 Å². The second kappa shape index (κ2) is 3.34. The van der Waals surface area contributed by atoms with Crippen molar-refractivity contribution in [2.45, 2.75) is 19.3 Å². The predicted octanol–water partition coefficient (Wildman–Crippen LogP) is -0.145. The molecule has 0 atom stereocenters. The van der Waals surface area contributed by atoms with Gasteiger partial charge in [0.05, 0.1) is 11.2 Å². The number of carbonyl (C=O) groups is 2. The largest absolute Gasteiger partial charge is 0.481 e. The first-order chi connectivity index (χ1) is 6.25. The second-order valence-electron chi connectivity index (χ2n) is 3.86. The molecule has 0 saturated heterocycles. The molecule has 6 heteroatoms. The monoisotopic (exact) mass is 220 g/mol. The second-order valence-corrected chi connectivity index (χ2v) is 6.12. The van der Waals surface area contributed by atoms with Gasteiger partial charge in [-0.15, -0.1) is 0 Å². The average Bonchev–Trinajstić information content (AvgIpc) is 1.93. The lowest BCUT2D eigenvalue weighted by Crippen LogP contribution is -2.45. The quantitative estimate of drug-likeness (QED) is 0.712. The molecule has 0 radical (unpaired) electrons. The van der Waals surface area contributed by atoms with Crippen LogP contribution in [0.25, 0.3) is 0 Å². The first-order valence-corrected chi connectivity index (χ1v) is 6.24. The molecule has 14 heavy (non-hydrogen) atoms. The number of carboxylic acid groups (broad SMARTS) is 1. The van der Waals surface area contributed by atoms with E-state index in [1.807, 2.05) is 0 Å². The van der Waals surface area contributed by atoms with Crippen LogP contribution in [-0.2, 0) is 19.4 Å². The van der Waals surface area contributed by atoms with Crippen LogP contribution in [0.15, 0.2) is 0 Å². The van der Waals surface area contributed by atoms with E-state index in [1.165, 1.54) is 0 Å². The Morgan fingerprint density at radius 2 is 2.00 bits per heavy atom. The highest BCUT2D eigenvalue weighted by Gasteiger charge is 2.49. The summed E-state index contributed by atoms with van der Waals surface area (Å²) >= 11 is 0. The molecule has 0 bridgehead atoms. The van der Waals surface area contributed by atoms with Gasteiger partial charge in [-0.05, 0) is 6.42 Å². The van der Waals surface area contributed by atoms with Crippen molar-refractivity contribution in [1.29, 1.82) is 0 Å². The van der Waals surface area contributed by atoms with Crippen molar-refractivity contribution >= 4 is 21.6 Å². The Hall–Kier alpha value is -0.910. The maximum Gasteiger partial charge on any atom is 0.310 e. The van der Waals surface area contributed by atoms with Gasteiger partial charge >= 0.3 is 5.97 Å². The highest BCUT2D eigenvalue weighted by molar-refractivity contribution is 7.90. The highest BCUT2D eigenvalue weighted by atomic mass is 32.2. The van der Waals surface area contributed by atoms with Gasteiger partial charge in [-0.1, -0.05) is 0 Å². The van der Waals surface area contributed by atoms with Gasteiger partial charge in [0, 0.05) is 19.1 Å². The number of hydrogen-bond acceptors (Lipinski definition) is 4. The molecule has 1 aliphatic rings. The summed E-state index contributed by atoms with van der Waals surface area (Å²) in [5, 5.41) is 8.85. The summed E-state index contributed by atoms with van der Waals surface area (Å²) in [5.41, 5.74) is -1.11. The standard InChI is InChI=1S/C8H12O5S/c1-14(12,13)3-2-8(7(10)11)4-6(9)5-8/h2-5H2,1H3,(H,10,11). The van der Waals surface area contributed by atoms with Crippen LogP contribution in [-0.4, -0.2) is 37.3 Å². The molecule has 0 unspecified atom stereocenters. The van der Waals surface area contributed by atoms with Crippen LogP contribution in [0.4, 0.5) is 0 Å². The first-order valence-electron chi connectivity index (χ1n) is 4.18. The molecule has 0 aromatic carbocycles. The van der Waals surface area contributed by atoms with E-state index < -0.39 is 21.2 Å². The summed E-state index contributed by atoms with van der Waals surface area (Å²) < 4.78 is 21.7. The van der Waals surface area contributed by atoms with Crippen LogP contribution in [0.3, 0.4) is 0 Å². The van der Waals surface area contributed by atoms with Gasteiger partial charge in [0.15, 0.2) is 0 Å². The third-order valence-corrected chi connectivity index (χ3v) is 3.42. The Bertz CT molecular complexity index is 359. The van der Waals surface area contributed by atoms with E-state index in [9.17, 15) is 18.0 Å². The summed E-state index contributed by atoms with van der Waals surface area (Å²) in [4.78, 5) is 21.6. The van der Waals surface area contributed by atoms with Crippen LogP contribution in [0.5, 0.6) is 0 Å². The van der Waals surface area contributed by atoms with Crippen molar-refractivity contribution in [2.24, 2.45) is 5.41 Å². The van der Waals surface area contributed by atoms with E-state index in [4.69, 9.17) is 5.11 Å². The van der Waals surface area contributed by atoms with E-state index in [0.717, 1.165) is 6.26 Å². The molecule has 0 heterocycles. The van der Waals surface area contributed by atoms with Gasteiger partial charge in [-0.3, -0.25) is 9.59 Å². The van der Waals surface area contributed by atoms with Gasteiger partial charge in [0.25, 0.3) is 0 Å². The minimum atomic E-state index is -3.16. The van der Waals surface area contributed by atoms with Crippen molar-refractivity contribution < 1.29 is 23.1 Å². The van der Waals surface area contributed by atoms with Crippen LogP contribution in [0, 0.1) is 5.41 Å². The Morgan fingerprint density at radius 1 is 1.50 bits per heavy atom. The SMILES string of the molecule is CS(=O)(=O)CCC1(C(=O)O)CC(=O)C1. The van der Waals surface area contributed by atoms with Gasteiger partial charge in [-0.2, -0.15) is 0 Å². The third kappa shape index (κ3) is 2.31. The molecule has 1 fully saturated rings. The minimum absolute atomic E-state index is 0.0299. The Morgan fingerprint density at radius 3 is 2.29 bits per heavy atom. The number of hydrogen-bond donors (Lipinski definition) is 1. The number of ketones is 1. The summed E-state index contributed by atoms with van der Waals surface area (Å²) in [5.74, 6) is -1.35. The Labute approximate surface area is 82.0 Å². The van der Waals surface area contributed by atoms with Gasteiger partial charge in [0.1, 0.15) is 15.6 Å². The lowest BCUT2D eigenvalue weighted by atomic mass is 9.66. The molecular weight excluding hydrogens is 208 g/mol. The number of rotatable bonds is 4. The summed E-state index contributed by atoms with van der Waals surface area (Å²) in [6.07, 6.45) is 1.03. The van der Waals surface area contributed by atoms with Crippen LogP contribution in [0.1, 0.15) is 19.3 Å². The maximum atomic E-state index is 10.8. The fraction of sp³-hybridized carbons (Fsp3) is 0.750. The van der Waals surface area contributed by atoms with Crippen molar-refractivity contribution in [2.75, 3.05) is 12.0 Å². The van der Waals surface area contributed by atoms with Crippen molar-refractivity contribution in [3.63, 3.8) is 0 Å². The molecule has 0 amide bonds. The van der Waals surface area contributed by atoms with E-state index in [-0.39, 0.29) is 30.8 Å². The third-order valence-electron chi connectivity index (χ3n) is 2.48. The number of Topliss-reactive ketones (excluding diaryl/α,β-unsaturated/α-hetero) is 1. The zero-order valence-electron chi connectivity index (χ0n) is 7.82. The zero-order valence-corrected chi connectivity index (χ0v) is 8.63. The fourth-order valence-corrected chi connectivity index (χ4v) is 2.28. The molecule has 80 valence electrons. The lowest BCUT2D eigenvalue weighted by molar-refractivity contribution is -0.160. The molecule has 1 N–H and O–H groups in total. The minimum Gasteiger partial charge on any atom is -0.481 e. The van der Waals surface area contributed by atoms with E-state index >= 15 is 0 Å². The van der Waals surface area contributed by atoms with Crippen molar-refractivity contribution in [1.82, 2.24) is 0 Å². The van der Waals surface area contributed by atoms with Crippen LogP contribution >= 0.6 is 0 Å². The number of carbonyl (C=O) groups excluding carboxylic acids is 1. The molecule has 0 spiro atoms. The number of sulfone groups is 1. The molecule has 1 rings (SSSR count). The summed E-state index contributed by atoms with van der Waals surface area (Å²) in [6, 6.07) is 0. The predicted molar refractivity (Wildman–Crippen MR) is 48.6 cm³/mol. The highest BCUT2D eigenvalue weighted by Crippen LogP contribution is 2.41.